The molecular formula is C16H13Br2NO4. The lowest BCUT2D eigenvalue weighted by molar-refractivity contribution is -0.123. The highest BCUT2D eigenvalue weighted by Crippen LogP contribution is 2.60. The molecule has 1 aromatic carbocycles. The van der Waals surface area contributed by atoms with Crippen LogP contribution < -0.4 is 4.90 Å². The van der Waals surface area contributed by atoms with Crippen LogP contribution in [0.15, 0.2) is 24.3 Å². The Morgan fingerprint density at radius 2 is 1.65 bits per heavy atom. The molecule has 4 rings (SSSR count). The Morgan fingerprint density at radius 1 is 1.09 bits per heavy atom. The lowest BCUT2D eigenvalue weighted by Crippen LogP contribution is -2.37. The molecule has 1 N–H and O–H groups in total. The summed E-state index contributed by atoms with van der Waals surface area (Å²) in [5, 5.41) is 9.11. The van der Waals surface area contributed by atoms with Crippen LogP contribution in [0.2, 0.25) is 0 Å². The van der Waals surface area contributed by atoms with E-state index in [4.69, 9.17) is 5.11 Å². The number of carbonyl (C=O) groups is 3. The third-order valence-electron chi connectivity index (χ3n) is 5.34. The van der Waals surface area contributed by atoms with E-state index < -0.39 is 5.97 Å². The van der Waals surface area contributed by atoms with Gasteiger partial charge in [-0.3, -0.25) is 14.5 Å². The summed E-state index contributed by atoms with van der Waals surface area (Å²) < 4.78 is 0. The number of alkyl halides is 2. The van der Waals surface area contributed by atoms with E-state index in [1.165, 1.54) is 17.0 Å². The second-order valence-corrected chi connectivity index (χ2v) is 8.49. The lowest BCUT2D eigenvalue weighted by Gasteiger charge is -2.28. The fourth-order valence-electron chi connectivity index (χ4n) is 4.38. The number of imide groups is 1. The first-order valence-electron chi connectivity index (χ1n) is 7.41. The van der Waals surface area contributed by atoms with Gasteiger partial charge in [0.1, 0.15) is 0 Å². The molecule has 1 aliphatic heterocycles. The van der Waals surface area contributed by atoms with E-state index in [1.807, 2.05) is 0 Å². The maximum atomic E-state index is 12.8. The number of hydrogen-bond acceptors (Lipinski definition) is 3. The van der Waals surface area contributed by atoms with Gasteiger partial charge in [0.2, 0.25) is 11.8 Å². The average molecular weight is 443 g/mol. The number of anilines is 1. The third kappa shape index (κ3) is 1.99. The Morgan fingerprint density at radius 3 is 2.17 bits per heavy atom. The van der Waals surface area contributed by atoms with Crippen molar-refractivity contribution < 1.29 is 19.5 Å². The summed E-state index contributed by atoms with van der Waals surface area (Å²) in [6.45, 7) is 0. The number of carbonyl (C=O) groups excluding carboxylic acids is 2. The van der Waals surface area contributed by atoms with Crippen molar-refractivity contribution in [2.75, 3.05) is 4.90 Å². The highest BCUT2D eigenvalue weighted by Gasteiger charge is 2.66. The zero-order valence-corrected chi connectivity index (χ0v) is 15.0. The number of benzene rings is 1. The van der Waals surface area contributed by atoms with Crippen LogP contribution in [0.25, 0.3) is 0 Å². The SMILES string of the molecule is O=C(O)c1cccc(N2C(=O)[C@@H]3[C@H](C2=O)[C@H]2C[C@@H]3C(Br)C2Br)c1. The van der Waals surface area contributed by atoms with Gasteiger partial charge in [0.25, 0.3) is 0 Å². The van der Waals surface area contributed by atoms with Gasteiger partial charge in [-0.05, 0) is 36.5 Å². The molecule has 0 spiro atoms. The normalized spacial score (nSPS) is 38.3. The van der Waals surface area contributed by atoms with Crippen molar-refractivity contribution in [3.8, 4) is 0 Å². The molecule has 2 aliphatic carbocycles. The number of aromatic carboxylic acids is 1. The molecule has 3 aliphatic rings. The molecule has 2 saturated carbocycles. The first-order chi connectivity index (χ1) is 10.9. The number of rotatable bonds is 2. The van der Waals surface area contributed by atoms with Crippen LogP contribution in [0.5, 0.6) is 0 Å². The molecule has 1 aromatic rings. The Bertz CT molecular complexity index is 705. The molecule has 5 nitrogen and oxygen atoms in total. The van der Waals surface area contributed by atoms with Crippen LogP contribution >= 0.6 is 31.9 Å². The van der Waals surface area contributed by atoms with Crippen molar-refractivity contribution in [1.29, 1.82) is 0 Å². The molecule has 2 unspecified atom stereocenters. The highest BCUT2D eigenvalue weighted by molar-refractivity contribution is 9.12. The number of fused-ring (bicyclic) bond motifs is 5. The van der Waals surface area contributed by atoms with E-state index >= 15 is 0 Å². The van der Waals surface area contributed by atoms with E-state index in [0.717, 1.165) is 6.42 Å². The van der Waals surface area contributed by atoms with Gasteiger partial charge in [-0.15, -0.1) is 0 Å². The van der Waals surface area contributed by atoms with Gasteiger partial charge in [0, 0.05) is 9.65 Å². The average Bonchev–Trinajstić information content (AvgIpc) is 3.12. The Kier molecular flexibility index (Phi) is 3.43. The summed E-state index contributed by atoms with van der Waals surface area (Å²) in [5.74, 6) is -1.75. The van der Waals surface area contributed by atoms with Crippen LogP contribution in [0.1, 0.15) is 16.8 Å². The van der Waals surface area contributed by atoms with Gasteiger partial charge in [-0.1, -0.05) is 37.9 Å². The van der Waals surface area contributed by atoms with Gasteiger partial charge in [-0.25, -0.2) is 4.79 Å². The number of carboxylic acids is 1. The number of nitrogens with zero attached hydrogens (tertiary/aromatic N) is 1. The predicted molar refractivity (Wildman–Crippen MR) is 89.9 cm³/mol. The summed E-state index contributed by atoms with van der Waals surface area (Å²) in [6, 6.07) is 6.01. The van der Waals surface area contributed by atoms with E-state index in [1.54, 1.807) is 12.1 Å². The van der Waals surface area contributed by atoms with Crippen LogP contribution in [-0.4, -0.2) is 32.5 Å². The zero-order valence-electron chi connectivity index (χ0n) is 11.9. The molecule has 7 heteroatoms. The fourth-order valence-corrected chi connectivity index (χ4v) is 6.25. The van der Waals surface area contributed by atoms with Gasteiger partial charge < -0.3 is 5.11 Å². The number of carboxylic acid groups (broad SMARTS) is 1. The number of amides is 2. The lowest BCUT2D eigenvalue weighted by atomic mass is 9.81. The first kappa shape index (κ1) is 15.3. The standard InChI is InChI=1S/C16H13Br2NO4/c17-12-8-5-9(13(12)18)11-10(8)14(20)19(15(11)21)7-3-1-2-6(4-7)16(22)23/h1-4,8-13H,5H2,(H,22,23)/t8-,9+,10-,11+,12?,13?. The molecule has 1 heterocycles. The van der Waals surface area contributed by atoms with Gasteiger partial charge in [0.15, 0.2) is 0 Å². The van der Waals surface area contributed by atoms with E-state index in [0.29, 0.717) is 5.69 Å². The van der Waals surface area contributed by atoms with Crippen molar-refractivity contribution in [2.24, 2.45) is 23.7 Å². The Labute approximate surface area is 149 Å². The molecule has 6 atom stereocenters. The summed E-state index contributed by atoms with van der Waals surface area (Å²) in [4.78, 5) is 38.4. The maximum Gasteiger partial charge on any atom is 0.335 e. The monoisotopic (exact) mass is 441 g/mol. The topological polar surface area (TPSA) is 74.7 Å². The van der Waals surface area contributed by atoms with E-state index in [2.05, 4.69) is 31.9 Å². The van der Waals surface area contributed by atoms with E-state index in [9.17, 15) is 14.4 Å². The molecule has 1 saturated heterocycles. The second kappa shape index (κ2) is 5.14. The van der Waals surface area contributed by atoms with Crippen molar-refractivity contribution in [3.63, 3.8) is 0 Å². The van der Waals surface area contributed by atoms with Crippen molar-refractivity contribution in [2.45, 2.75) is 16.1 Å². The Balaban J connectivity index is 1.73. The molecule has 2 bridgehead atoms. The van der Waals surface area contributed by atoms with Crippen LogP contribution in [-0.2, 0) is 9.59 Å². The summed E-state index contributed by atoms with van der Waals surface area (Å²) >= 11 is 7.29. The van der Waals surface area contributed by atoms with Crippen LogP contribution in [0.3, 0.4) is 0 Å². The molecular weight excluding hydrogens is 430 g/mol. The van der Waals surface area contributed by atoms with Gasteiger partial charge >= 0.3 is 5.97 Å². The number of halogens is 2. The molecule has 0 radical (unpaired) electrons. The minimum atomic E-state index is -1.08. The van der Waals surface area contributed by atoms with Crippen molar-refractivity contribution in [3.05, 3.63) is 29.8 Å². The summed E-state index contributed by atoms with van der Waals surface area (Å²) in [6.07, 6.45) is 0.877. The molecule has 23 heavy (non-hydrogen) atoms. The zero-order chi connectivity index (χ0) is 16.5. The largest absolute Gasteiger partial charge is 0.478 e. The maximum absolute atomic E-state index is 12.8. The molecule has 3 fully saturated rings. The van der Waals surface area contributed by atoms with E-state index in [-0.39, 0.29) is 50.7 Å². The van der Waals surface area contributed by atoms with Crippen LogP contribution in [0, 0.1) is 23.7 Å². The predicted octanol–water partition coefficient (Wildman–Crippen LogP) is 2.67. The van der Waals surface area contributed by atoms with Crippen molar-refractivity contribution in [1.82, 2.24) is 0 Å². The van der Waals surface area contributed by atoms with Gasteiger partial charge in [-0.2, -0.15) is 0 Å². The molecule has 120 valence electrons. The minimum Gasteiger partial charge on any atom is -0.478 e. The minimum absolute atomic E-state index is 0.0693. The Hall–Kier alpha value is -1.21. The smallest absolute Gasteiger partial charge is 0.335 e. The molecule has 0 aromatic heterocycles. The van der Waals surface area contributed by atoms with Crippen LogP contribution in [0.4, 0.5) is 5.69 Å². The second-order valence-electron chi connectivity index (χ2n) is 6.37. The molecule has 2 amide bonds. The third-order valence-corrected chi connectivity index (χ3v) is 8.55. The van der Waals surface area contributed by atoms with Gasteiger partial charge in [0.05, 0.1) is 23.1 Å². The summed E-state index contributed by atoms with van der Waals surface area (Å²) in [7, 11) is 0. The quantitative estimate of drug-likeness (QED) is 0.564. The summed E-state index contributed by atoms with van der Waals surface area (Å²) in [5.41, 5.74) is 0.422. The number of hydrogen-bond donors (Lipinski definition) is 1. The highest BCUT2D eigenvalue weighted by atomic mass is 79.9. The first-order valence-corrected chi connectivity index (χ1v) is 9.24. The van der Waals surface area contributed by atoms with Crippen molar-refractivity contribution >= 4 is 55.3 Å². The fraction of sp³-hybridized carbons (Fsp3) is 0.438.